The van der Waals surface area contributed by atoms with Crippen molar-refractivity contribution in [3.63, 3.8) is 0 Å². The van der Waals surface area contributed by atoms with Gasteiger partial charge in [-0.05, 0) is 26.0 Å². The van der Waals surface area contributed by atoms with E-state index >= 15 is 0 Å². The van der Waals surface area contributed by atoms with Crippen LogP contribution in [0.15, 0.2) is 12.1 Å². The number of aliphatic hydroxyl groups is 1. The van der Waals surface area contributed by atoms with Crippen LogP contribution in [0, 0.1) is 6.92 Å². The molecule has 0 spiro atoms. The normalized spacial score (nSPS) is 12.2. The van der Waals surface area contributed by atoms with E-state index in [1.807, 2.05) is 6.92 Å². The van der Waals surface area contributed by atoms with Crippen LogP contribution in [0.25, 0.3) is 0 Å². The number of aromatic nitrogens is 1. The van der Waals surface area contributed by atoms with Crippen molar-refractivity contribution in [2.24, 2.45) is 0 Å². The molecule has 1 aromatic heterocycles. The summed E-state index contributed by atoms with van der Waals surface area (Å²) in [5, 5.41) is 9.04. The number of carbonyl (C=O) groups excluding carboxylic acids is 1. The summed E-state index contributed by atoms with van der Waals surface area (Å²) in [7, 11) is 0. The van der Waals surface area contributed by atoms with Crippen LogP contribution in [-0.2, 0) is 0 Å². The Morgan fingerprint density at radius 3 is 2.93 bits per heavy atom. The molecular weight excluding hydrogens is 194 g/mol. The van der Waals surface area contributed by atoms with Gasteiger partial charge in [0.1, 0.15) is 11.4 Å². The van der Waals surface area contributed by atoms with Gasteiger partial charge in [-0.25, -0.2) is 4.98 Å². The molecular formula is C11H15NO3. The molecule has 1 rings (SSSR count). The van der Waals surface area contributed by atoms with Gasteiger partial charge in [-0.2, -0.15) is 0 Å². The van der Waals surface area contributed by atoms with E-state index in [1.54, 1.807) is 19.1 Å². The van der Waals surface area contributed by atoms with Crippen molar-refractivity contribution in [2.45, 2.75) is 26.4 Å². The summed E-state index contributed by atoms with van der Waals surface area (Å²) in [6.45, 7) is 3.88. The molecule has 0 aliphatic carbocycles. The number of nitrogens with zero attached hydrogens (tertiary/aromatic N) is 1. The number of hydrogen-bond acceptors (Lipinski definition) is 4. The molecule has 82 valence electrons. The highest BCUT2D eigenvalue weighted by Gasteiger charge is 2.05. The van der Waals surface area contributed by atoms with Crippen molar-refractivity contribution in [3.05, 3.63) is 23.5 Å². The monoisotopic (exact) mass is 209 g/mol. The lowest BCUT2D eigenvalue weighted by atomic mass is 10.3. The molecule has 1 unspecified atom stereocenters. The zero-order valence-corrected chi connectivity index (χ0v) is 8.93. The van der Waals surface area contributed by atoms with E-state index in [-0.39, 0.29) is 0 Å². The van der Waals surface area contributed by atoms with Gasteiger partial charge in [0.15, 0.2) is 6.29 Å². The Bertz CT molecular complexity index is 337. The number of carbonyl (C=O) groups is 1. The lowest BCUT2D eigenvalue weighted by Crippen LogP contribution is -2.09. The third-order valence-electron chi connectivity index (χ3n) is 1.93. The molecule has 0 saturated carbocycles. The van der Waals surface area contributed by atoms with E-state index in [9.17, 15) is 4.79 Å². The Labute approximate surface area is 88.9 Å². The van der Waals surface area contributed by atoms with Gasteiger partial charge < -0.3 is 9.84 Å². The molecule has 1 atom stereocenters. The van der Waals surface area contributed by atoms with Gasteiger partial charge in [-0.3, -0.25) is 4.79 Å². The Kier molecular flexibility index (Phi) is 4.24. The van der Waals surface area contributed by atoms with E-state index in [4.69, 9.17) is 9.84 Å². The molecule has 15 heavy (non-hydrogen) atoms. The van der Waals surface area contributed by atoms with Crippen molar-refractivity contribution in [3.8, 4) is 5.75 Å². The first-order chi connectivity index (χ1) is 7.13. The van der Waals surface area contributed by atoms with Gasteiger partial charge >= 0.3 is 0 Å². The molecule has 0 saturated heterocycles. The number of aryl methyl sites for hydroxylation is 1. The largest absolute Gasteiger partial charge is 0.491 e. The number of ether oxygens (including phenoxy) is 1. The standard InChI is InChI=1S/C11H15NO3/c1-8-3-4-11(10(7-13)12-8)15-6-5-9(2)14/h3-4,7,9,14H,5-6H2,1-2H3. The maximum absolute atomic E-state index is 10.7. The highest BCUT2D eigenvalue weighted by molar-refractivity contribution is 5.76. The van der Waals surface area contributed by atoms with Crippen LogP contribution >= 0.6 is 0 Å². The molecule has 4 heteroatoms. The van der Waals surface area contributed by atoms with Crippen LogP contribution in [0.1, 0.15) is 29.5 Å². The maximum Gasteiger partial charge on any atom is 0.172 e. The molecule has 4 nitrogen and oxygen atoms in total. The van der Waals surface area contributed by atoms with Crippen molar-refractivity contribution >= 4 is 6.29 Å². The molecule has 0 aliphatic heterocycles. The average Bonchev–Trinajstić information content (AvgIpc) is 2.19. The predicted octanol–water partition coefficient (Wildman–Crippen LogP) is 1.35. The van der Waals surface area contributed by atoms with Gasteiger partial charge in [0.2, 0.25) is 0 Å². The third-order valence-corrected chi connectivity index (χ3v) is 1.93. The fraction of sp³-hybridized carbons (Fsp3) is 0.455. The number of aldehydes is 1. The minimum atomic E-state index is -0.400. The topological polar surface area (TPSA) is 59.4 Å². The van der Waals surface area contributed by atoms with Crippen molar-refractivity contribution in [2.75, 3.05) is 6.61 Å². The highest BCUT2D eigenvalue weighted by Crippen LogP contribution is 2.15. The summed E-state index contributed by atoms with van der Waals surface area (Å²) < 4.78 is 5.34. The summed E-state index contributed by atoms with van der Waals surface area (Å²) in [5.74, 6) is 0.469. The van der Waals surface area contributed by atoms with Gasteiger partial charge in [-0.1, -0.05) is 0 Å². The van der Waals surface area contributed by atoms with Crippen LogP contribution in [0.5, 0.6) is 5.75 Å². The number of rotatable bonds is 5. The second-order valence-electron chi connectivity index (χ2n) is 3.44. The third kappa shape index (κ3) is 3.67. The van der Waals surface area contributed by atoms with Crippen LogP contribution in [0.4, 0.5) is 0 Å². The van der Waals surface area contributed by atoms with Crippen LogP contribution in [-0.4, -0.2) is 29.1 Å². The zero-order chi connectivity index (χ0) is 11.3. The first-order valence-electron chi connectivity index (χ1n) is 4.87. The smallest absolute Gasteiger partial charge is 0.172 e. The lowest BCUT2D eigenvalue weighted by molar-refractivity contribution is 0.111. The molecule has 1 N–H and O–H groups in total. The van der Waals surface area contributed by atoms with Crippen molar-refractivity contribution in [1.29, 1.82) is 0 Å². The van der Waals surface area contributed by atoms with E-state index in [0.29, 0.717) is 30.8 Å². The molecule has 0 bridgehead atoms. The SMILES string of the molecule is Cc1ccc(OCCC(C)O)c(C=O)n1. The summed E-state index contributed by atoms with van der Waals surface area (Å²) in [6, 6.07) is 3.50. The fourth-order valence-corrected chi connectivity index (χ4v) is 1.11. The van der Waals surface area contributed by atoms with Gasteiger partial charge in [-0.15, -0.1) is 0 Å². The quantitative estimate of drug-likeness (QED) is 0.744. The Morgan fingerprint density at radius 2 is 2.33 bits per heavy atom. The molecule has 0 aliphatic rings. The molecule has 1 heterocycles. The summed E-state index contributed by atoms with van der Waals surface area (Å²) in [5.41, 5.74) is 1.08. The highest BCUT2D eigenvalue weighted by atomic mass is 16.5. The summed E-state index contributed by atoms with van der Waals surface area (Å²) in [6.07, 6.45) is 0.805. The molecule has 0 radical (unpaired) electrons. The maximum atomic E-state index is 10.7. The molecule has 1 aromatic rings. The predicted molar refractivity (Wildman–Crippen MR) is 56.2 cm³/mol. The number of pyridine rings is 1. The lowest BCUT2D eigenvalue weighted by Gasteiger charge is -2.09. The van der Waals surface area contributed by atoms with E-state index < -0.39 is 6.10 Å². The summed E-state index contributed by atoms with van der Waals surface area (Å²) >= 11 is 0. The van der Waals surface area contributed by atoms with E-state index in [0.717, 1.165) is 5.69 Å². The molecule has 0 amide bonds. The minimum absolute atomic E-state index is 0.306. The van der Waals surface area contributed by atoms with Crippen molar-refractivity contribution in [1.82, 2.24) is 4.98 Å². The van der Waals surface area contributed by atoms with Crippen LogP contribution in [0.3, 0.4) is 0 Å². The van der Waals surface area contributed by atoms with E-state index in [2.05, 4.69) is 4.98 Å². The van der Waals surface area contributed by atoms with Crippen LogP contribution in [0.2, 0.25) is 0 Å². The van der Waals surface area contributed by atoms with Crippen molar-refractivity contribution < 1.29 is 14.6 Å². The van der Waals surface area contributed by atoms with Gasteiger partial charge in [0.25, 0.3) is 0 Å². The second kappa shape index (κ2) is 5.46. The minimum Gasteiger partial charge on any atom is -0.491 e. The van der Waals surface area contributed by atoms with Crippen LogP contribution < -0.4 is 4.74 Å². The number of hydrogen-bond donors (Lipinski definition) is 1. The average molecular weight is 209 g/mol. The Morgan fingerprint density at radius 1 is 1.60 bits per heavy atom. The van der Waals surface area contributed by atoms with E-state index in [1.165, 1.54) is 0 Å². The zero-order valence-electron chi connectivity index (χ0n) is 8.93. The first-order valence-corrected chi connectivity index (χ1v) is 4.87. The fourth-order valence-electron chi connectivity index (χ4n) is 1.11. The Hall–Kier alpha value is -1.42. The Balaban J connectivity index is 2.64. The van der Waals surface area contributed by atoms with Gasteiger partial charge in [0.05, 0.1) is 12.7 Å². The summed E-state index contributed by atoms with van der Waals surface area (Å²) in [4.78, 5) is 14.7. The number of aliphatic hydroxyl groups excluding tert-OH is 1. The molecule has 0 aromatic carbocycles. The first kappa shape index (κ1) is 11.7. The second-order valence-corrected chi connectivity index (χ2v) is 3.44. The molecule has 0 fully saturated rings. The van der Waals surface area contributed by atoms with Gasteiger partial charge in [0, 0.05) is 12.1 Å².